The molecule has 1 heterocycles. The summed E-state index contributed by atoms with van der Waals surface area (Å²) in [6.45, 7) is 7.60. The summed E-state index contributed by atoms with van der Waals surface area (Å²) in [5.74, 6) is 0.939. The lowest BCUT2D eigenvalue weighted by molar-refractivity contribution is -0.141. The Labute approximate surface area is 157 Å². The summed E-state index contributed by atoms with van der Waals surface area (Å²) in [5, 5.41) is 2.97. The Morgan fingerprint density at radius 1 is 1.00 bits per heavy atom. The van der Waals surface area contributed by atoms with Crippen molar-refractivity contribution in [1.82, 2.24) is 4.90 Å². The van der Waals surface area contributed by atoms with Crippen molar-refractivity contribution in [3.8, 4) is 0 Å². The van der Waals surface area contributed by atoms with E-state index in [4.69, 9.17) is 0 Å². The van der Waals surface area contributed by atoms with Gasteiger partial charge in [-0.3, -0.25) is 9.59 Å². The Hall–Kier alpha value is -1.84. The first-order valence-electron chi connectivity index (χ1n) is 10.0. The minimum atomic E-state index is -0.317. The third-order valence-electron chi connectivity index (χ3n) is 6.18. The number of nitrogens with one attached hydrogen (secondary N) is 1. The minimum Gasteiger partial charge on any atom is -0.330 e. The predicted molar refractivity (Wildman–Crippen MR) is 105 cm³/mol. The lowest BCUT2D eigenvalue weighted by Crippen LogP contribution is -2.46. The smallest absolute Gasteiger partial charge is 0.247 e. The molecule has 1 aromatic rings. The molecule has 1 saturated carbocycles. The van der Waals surface area contributed by atoms with Crippen molar-refractivity contribution in [3.63, 3.8) is 0 Å². The molecule has 26 heavy (non-hydrogen) atoms. The highest BCUT2D eigenvalue weighted by atomic mass is 16.2. The van der Waals surface area contributed by atoms with Gasteiger partial charge in [0, 0.05) is 18.2 Å². The average Bonchev–Trinajstić information content (AvgIpc) is 3.11. The maximum Gasteiger partial charge on any atom is 0.247 e. The van der Waals surface area contributed by atoms with Crippen LogP contribution in [0, 0.1) is 17.3 Å². The van der Waals surface area contributed by atoms with Crippen LogP contribution in [0.5, 0.6) is 0 Å². The summed E-state index contributed by atoms with van der Waals surface area (Å²) in [7, 11) is 0. The van der Waals surface area contributed by atoms with E-state index in [0.29, 0.717) is 17.9 Å². The zero-order chi connectivity index (χ0) is 18.7. The number of hydrogen-bond donors (Lipinski definition) is 1. The Morgan fingerprint density at radius 2 is 1.65 bits per heavy atom. The van der Waals surface area contributed by atoms with Gasteiger partial charge < -0.3 is 10.2 Å². The average molecular weight is 357 g/mol. The van der Waals surface area contributed by atoms with Crippen LogP contribution in [0.15, 0.2) is 30.3 Å². The number of amides is 2. The van der Waals surface area contributed by atoms with Crippen LogP contribution in [0.4, 0.5) is 5.69 Å². The molecule has 0 aromatic heterocycles. The summed E-state index contributed by atoms with van der Waals surface area (Å²) >= 11 is 0. The molecule has 2 fully saturated rings. The monoisotopic (exact) mass is 356 g/mol. The van der Waals surface area contributed by atoms with Crippen molar-refractivity contribution in [3.05, 3.63) is 30.3 Å². The molecule has 2 amide bonds. The normalized spacial score (nSPS) is 26.6. The lowest BCUT2D eigenvalue weighted by Gasteiger charge is -2.38. The van der Waals surface area contributed by atoms with Gasteiger partial charge in [0.1, 0.15) is 6.04 Å². The summed E-state index contributed by atoms with van der Waals surface area (Å²) in [4.78, 5) is 27.6. The molecule has 1 atom stereocenters. The van der Waals surface area contributed by atoms with Crippen LogP contribution in [0.1, 0.15) is 59.3 Å². The lowest BCUT2D eigenvalue weighted by atomic mass is 9.69. The van der Waals surface area contributed by atoms with E-state index in [9.17, 15) is 9.59 Å². The number of nitrogens with zero attached hydrogens (tertiary/aromatic N) is 1. The molecule has 0 bridgehead atoms. The number of carbonyl (C=O) groups is 2. The van der Waals surface area contributed by atoms with E-state index in [0.717, 1.165) is 44.2 Å². The van der Waals surface area contributed by atoms with Gasteiger partial charge in [0.25, 0.3) is 0 Å². The van der Waals surface area contributed by atoms with Gasteiger partial charge in [-0.15, -0.1) is 0 Å². The Bertz CT molecular complexity index is 627. The molecule has 1 aliphatic carbocycles. The summed E-state index contributed by atoms with van der Waals surface area (Å²) in [5.41, 5.74) is 1.11. The fourth-order valence-electron chi connectivity index (χ4n) is 4.49. The predicted octanol–water partition coefficient (Wildman–Crippen LogP) is 4.47. The number of likely N-dealkylation sites (tertiary alicyclic amines) is 1. The van der Waals surface area contributed by atoms with Gasteiger partial charge in [0.05, 0.1) is 0 Å². The molecule has 4 heteroatoms. The van der Waals surface area contributed by atoms with E-state index in [1.807, 2.05) is 35.2 Å². The zero-order valence-corrected chi connectivity index (χ0v) is 16.3. The standard InChI is InChI=1S/C22H32N2O2/c1-22(2,3)17-13-11-16(12-14-17)21(26)24-15-7-10-19(24)20(25)23-18-8-5-4-6-9-18/h4-6,8-9,16-17,19H,7,10-15H2,1-3H3,(H,23,25)/t16?,17?,19-/m1/s1. The van der Waals surface area contributed by atoms with Crippen LogP contribution in [0.25, 0.3) is 0 Å². The fraction of sp³-hybridized carbons (Fsp3) is 0.636. The van der Waals surface area contributed by atoms with E-state index in [-0.39, 0.29) is 23.8 Å². The third kappa shape index (κ3) is 4.28. The molecule has 1 N–H and O–H groups in total. The topological polar surface area (TPSA) is 49.4 Å². The number of rotatable bonds is 3. The molecule has 0 radical (unpaired) electrons. The van der Waals surface area contributed by atoms with Crippen molar-refractivity contribution in [2.75, 3.05) is 11.9 Å². The molecule has 4 nitrogen and oxygen atoms in total. The molecular formula is C22H32N2O2. The number of benzene rings is 1. The van der Waals surface area contributed by atoms with Crippen LogP contribution < -0.4 is 5.32 Å². The Morgan fingerprint density at radius 3 is 2.27 bits per heavy atom. The SMILES string of the molecule is CC(C)(C)C1CCC(C(=O)N2CCC[C@@H]2C(=O)Nc2ccccc2)CC1. The van der Waals surface area contributed by atoms with Gasteiger partial charge in [-0.2, -0.15) is 0 Å². The number of carbonyl (C=O) groups excluding carboxylic acids is 2. The maximum absolute atomic E-state index is 13.1. The highest BCUT2D eigenvalue weighted by Gasteiger charge is 2.39. The fourth-order valence-corrected chi connectivity index (χ4v) is 4.49. The van der Waals surface area contributed by atoms with Gasteiger partial charge in [0.2, 0.25) is 11.8 Å². The molecule has 3 rings (SSSR count). The Kier molecular flexibility index (Phi) is 5.69. The van der Waals surface area contributed by atoms with Crippen LogP contribution in [-0.2, 0) is 9.59 Å². The van der Waals surface area contributed by atoms with Crippen LogP contribution in [0.3, 0.4) is 0 Å². The van der Waals surface area contributed by atoms with Crippen molar-refractivity contribution < 1.29 is 9.59 Å². The van der Waals surface area contributed by atoms with Gasteiger partial charge in [0.15, 0.2) is 0 Å². The second-order valence-electron chi connectivity index (χ2n) is 8.96. The van der Waals surface area contributed by atoms with Gasteiger partial charge in [-0.25, -0.2) is 0 Å². The maximum atomic E-state index is 13.1. The molecule has 1 aromatic carbocycles. The van der Waals surface area contributed by atoms with E-state index < -0.39 is 0 Å². The third-order valence-corrected chi connectivity index (χ3v) is 6.18. The molecule has 142 valence electrons. The molecule has 0 spiro atoms. The number of para-hydroxylation sites is 1. The number of hydrogen-bond acceptors (Lipinski definition) is 2. The summed E-state index contributed by atoms with van der Waals surface area (Å²) in [6.07, 6.45) is 5.84. The quantitative estimate of drug-likeness (QED) is 0.869. The summed E-state index contributed by atoms with van der Waals surface area (Å²) in [6, 6.07) is 9.18. The highest BCUT2D eigenvalue weighted by Crippen LogP contribution is 2.40. The molecule has 0 unspecified atom stereocenters. The first-order chi connectivity index (χ1) is 12.4. The van der Waals surface area contributed by atoms with Crippen LogP contribution in [-0.4, -0.2) is 29.3 Å². The van der Waals surface area contributed by atoms with E-state index >= 15 is 0 Å². The number of anilines is 1. The molecule has 1 aliphatic heterocycles. The van der Waals surface area contributed by atoms with Gasteiger partial charge in [-0.1, -0.05) is 39.0 Å². The molecular weight excluding hydrogens is 324 g/mol. The largest absolute Gasteiger partial charge is 0.330 e. The van der Waals surface area contributed by atoms with Crippen molar-refractivity contribution in [2.45, 2.75) is 65.3 Å². The van der Waals surface area contributed by atoms with Crippen molar-refractivity contribution >= 4 is 17.5 Å². The van der Waals surface area contributed by atoms with Gasteiger partial charge >= 0.3 is 0 Å². The first kappa shape index (κ1) is 18.9. The van der Waals surface area contributed by atoms with E-state index in [1.54, 1.807) is 0 Å². The molecule has 1 saturated heterocycles. The van der Waals surface area contributed by atoms with Crippen molar-refractivity contribution in [2.24, 2.45) is 17.3 Å². The first-order valence-corrected chi connectivity index (χ1v) is 10.0. The van der Waals surface area contributed by atoms with Crippen LogP contribution in [0.2, 0.25) is 0 Å². The minimum absolute atomic E-state index is 0.0505. The Balaban J connectivity index is 1.59. The zero-order valence-electron chi connectivity index (χ0n) is 16.3. The second kappa shape index (κ2) is 7.81. The van der Waals surface area contributed by atoms with Crippen molar-refractivity contribution in [1.29, 1.82) is 0 Å². The van der Waals surface area contributed by atoms with Gasteiger partial charge in [-0.05, 0) is 62.0 Å². The van der Waals surface area contributed by atoms with Crippen LogP contribution >= 0.6 is 0 Å². The van der Waals surface area contributed by atoms with E-state index in [2.05, 4.69) is 26.1 Å². The second-order valence-corrected chi connectivity index (χ2v) is 8.96. The highest BCUT2D eigenvalue weighted by molar-refractivity contribution is 5.97. The summed E-state index contributed by atoms with van der Waals surface area (Å²) < 4.78 is 0. The molecule has 2 aliphatic rings. The van der Waals surface area contributed by atoms with E-state index in [1.165, 1.54) is 0 Å².